The van der Waals surface area contributed by atoms with Gasteiger partial charge < -0.3 is 0 Å². The molecule has 0 aliphatic carbocycles. The van der Waals surface area contributed by atoms with Gasteiger partial charge in [-0.3, -0.25) is 4.55 Å². The third-order valence-corrected chi connectivity index (χ3v) is 6.78. The van der Waals surface area contributed by atoms with E-state index in [0.29, 0.717) is 27.7 Å². The van der Waals surface area contributed by atoms with E-state index in [1.54, 1.807) is 4.72 Å². The molecule has 0 radical (unpaired) electrons. The highest BCUT2D eigenvalue weighted by Gasteiger charge is 2.68. The molecule has 0 saturated heterocycles. The first kappa shape index (κ1) is 17.7. The largest absolute Gasteiger partial charge is 0.289 e. The van der Waals surface area contributed by atoms with Gasteiger partial charge in [-0.15, -0.1) is 0 Å². The van der Waals surface area contributed by atoms with E-state index in [-0.39, 0.29) is 0 Å². The zero-order chi connectivity index (χ0) is 15.2. The summed E-state index contributed by atoms with van der Waals surface area (Å²) in [5.74, 6) is -4.23. The van der Waals surface area contributed by atoms with Crippen LogP contribution < -0.4 is 4.72 Å². The Labute approximate surface area is 106 Å². The summed E-state index contributed by atoms with van der Waals surface area (Å²) in [5.41, 5.74) is 0. The quantitative estimate of drug-likeness (QED) is 0.725. The first-order chi connectivity index (χ1) is 7.56. The standard InChI is InChI=1S/C8H17F2NO5S2/c1-6(2,17(12,13)11-5)8(9,10)7(3,4)18(14,15)16/h11H,1-5H3,(H,14,15,16). The lowest BCUT2D eigenvalue weighted by Gasteiger charge is -2.41. The van der Waals surface area contributed by atoms with Gasteiger partial charge in [0.1, 0.15) is 4.75 Å². The Morgan fingerprint density at radius 3 is 1.50 bits per heavy atom. The molecule has 0 amide bonds. The minimum atomic E-state index is -5.15. The Morgan fingerprint density at radius 1 is 0.944 bits per heavy atom. The van der Waals surface area contributed by atoms with E-state index in [1.807, 2.05) is 0 Å². The van der Waals surface area contributed by atoms with Gasteiger partial charge in [-0.25, -0.2) is 21.9 Å². The van der Waals surface area contributed by atoms with Crippen molar-refractivity contribution < 1.29 is 30.2 Å². The molecule has 10 heteroatoms. The van der Waals surface area contributed by atoms with Gasteiger partial charge in [-0.1, -0.05) is 0 Å². The highest BCUT2D eigenvalue weighted by molar-refractivity contribution is 7.91. The number of halogens is 2. The molecule has 2 N–H and O–H groups in total. The summed E-state index contributed by atoms with van der Waals surface area (Å²) in [6.45, 7) is 2.50. The second-order valence-electron chi connectivity index (χ2n) is 4.78. The van der Waals surface area contributed by atoms with Crippen LogP contribution in [0.5, 0.6) is 0 Å². The van der Waals surface area contributed by atoms with E-state index < -0.39 is 35.6 Å². The maximum atomic E-state index is 14.2. The van der Waals surface area contributed by atoms with Gasteiger partial charge in [0, 0.05) is 0 Å². The first-order valence-corrected chi connectivity index (χ1v) is 7.76. The SMILES string of the molecule is CNS(=O)(=O)C(C)(C)C(F)(F)C(C)(C)S(=O)(=O)O. The second kappa shape index (κ2) is 4.36. The van der Waals surface area contributed by atoms with Crippen molar-refractivity contribution in [1.82, 2.24) is 4.72 Å². The molecule has 0 heterocycles. The summed E-state index contributed by atoms with van der Waals surface area (Å²) in [6, 6.07) is 0. The number of alkyl halides is 2. The van der Waals surface area contributed by atoms with Crippen LogP contribution in [-0.2, 0) is 20.1 Å². The molecular weight excluding hydrogens is 292 g/mol. The Balaban J connectivity index is 6.13. The van der Waals surface area contributed by atoms with Crippen LogP contribution in [0.1, 0.15) is 27.7 Å². The Morgan fingerprint density at radius 2 is 1.28 bits per heavy atom. The smallest absolute Gasteiger partial charge is 0.285 e. The molecule has 6 nitrogen and oxygen atoms in total. The minimum Gasteiger partial charge on any atom is -0.285 e. The molecule has 0 aliphatic rings. The topological polar surface area (TPSA) is 101 Å². The Kier molecular flexibility index (Phi) is 4.28. The highest BCUT2D eigenvalue weighted by Crippen LogP contribution is 2.45. The lowest BCUT2D eigenvalue weighted by Crippen LogP contribution is -2.64. The summed E-state index contributed by atoms with van der Waals surface area (Å²) in [6.07, 6.45) is 0. The van der Waals surface area contributed by atoms with Gasteiger partial charge in [0.15, 0.2) is 4.75 Å². The zero-order valence-electron chi connectivity index (χ0n) is 10.7. The summed E-state index contributed by atoms with van der Waals surface area (Å²) in [7, 11) is -8.69. The monoisotopic (exact) mass is 309 g/mol. The average molecular weight is 309 g/mol. The summed E-state index contributed by atoms with van der Waals surface area (Å²) in [5, 5.41) is 0. The second-order valence-corrected chi connectivity index (χ2v) is 9.18. The van der Waals surface area contributed by atoms with Crippen molar-refractivity contribution in [3.63, 3.8) is 0 Å². The van der Waals surface area contributed by atoms with E-state index in [4.69, 9.17) is 4.55 Å². The van der Waals surface area contributed by atoms with Crippen molar-refractivity contribution in [3.05, 3.63) is 0 Å². The molecule has 0 rings (SSSR count). The van der Waals surface area contributed by atoms with Gasteiger partial charge in [0.2, 0.25) is 10.0 Å². The van der Waals surface area contributed by atoms with Crippen LogP contribution in [0, 0.1) is 0 Å². The Bertz CT molecular complexity index is 522. The predicted molar refractivity (Wildman–Crippen MR) is 62.6 cm³/mol. The fraction of sp³-hybridized carbons (Fsp3) is 1.00. The van der Waals surface area contributed by atoms with Crippen LogP contribution in [0.25, 0.3) is 0 Å². The van der Waals surface area contributed by atoms with Gasteiger partial charge >= 0.3 is 0 Å². The highest BCUT2D eigenvalue weighted by atomic mass is 32.2. The van der Waals surface area contributed by atoms with Crippen LogP contribution in [0.2, 0.25) is 0 Å². The molecule has 110 valence electrons. The van der Waals surface area contributed by atoms with E-state index in [9.17, 15) is 25.6 Å². The van der Waals surface area contributed by atoms with Crippen molar-refractivity contribution in [2.45, 2.75) is 43.1 Å². The van der Waals surface area contributed by atoms with Crippen LogP contribution in [0.3, 0.4) is 0 Å². The van der Waals surface area contributed by atoms with Crippen LogP contribution in [0.4, 0.5) is 8.78 Å². The third kappa shape index (κ3) is 2.26. The van der Waals surface area contributed by atoms with Crippen molar-refractivity contribution in [1.29, 1.82) is 0 Å². The molecule has 0 aromatic carbocycles. The van der Waals surface area contributed by atoms with Crippen molar-refractivity contribution >= 4 is 20.1 Å². The van der Waals surface area contributed by atoms with Gasteiger partial charge in [0.25, 0.3) is 16.0 Å². The molecule has 0 aromatic heterocycles. The van der Waals surface area contributed by atoms with Gasteiger partial charge in [0.05, 0.1) is 0 Å². The van der Waals surface area contributed by atoms with Crippen LogP contribution >= 0.6 is 0 Å². The predicted octanol–water partition coefficient (Wildman–Crippen LogP) is 0.616. The number of hydrogen-bond acceptors (Lipinski definition) is 4. The van der Waals surface area contributed by atoms with E-state index >= 15 is 0 Å². The molecule has 0 spiro atoms. The van der Waals surface area contributed by atoms with E-state index in [2.05, 4.69) is 0 Å². The summed E-state index contributed by atoms with van der Waals surface area (Å²) in [4.78, 5) is 0. The molecular formula is C8H17F2NO5S2. The fourth-order valence-corrected chi connectivity index (χ4v) is 3.06. The van der Waals surface area contributed by atoms with Crippen LogP contribution in [0.15, 0.2) is 0 Å². The molecule has 0 atom stereocenters. The molecule has 18 heavy (non-hydrogen) atoms. The van der Waals surface area contributed by atoms with Gasteiger partial charge in [-0.2, -0.15) is 8.42 Å². The Hall–Kier alpha value is -0.320. The molecule has 0 unspecified atom stereocenters. The molecule has 0 aliphatic heterocycles. The number of nitrogens with one attached hydrogen (secondary N) is 1. The average Bonchev–Trinajstić information content (AvgIpc) is 2.15. The normalized spacial score (nSPS) is 15.8. The molecule has 0 bridgehead atoms. The maximum absolute atomic E-state index is 14.2. The van der Waals surface area contributed by atoms with E-state index in [1.165, 1.54) is 0 Å². The fourth-order valence-electron chi connectivity index (χ4n) is 1.31. The van der Waals surface area contributed by atoms with Crippen molar-refractivity contribution in [3.8, 4) is 0 Å². The maximum Gasteiger partial charge on any atom is 0.289 e. The lowest BCUT2D eigenvalue weighted by molar-refractivity contribution is -0.0637. The summed E-state index contributed by atoms with van der Waals surface area (Å²) >= 11 is 0. The van der Waals surface area contributed by atoms with Gasteiger partial charge in [-0.05, 0) is 34.7 Å². The van der Waals surface area contributed by atoms with Crippen LogP contribution in [-0.4, -0.2) is 43.9 Å². The van der Waals surface area contributed by atoms with Crippen molar-refractivity contribution in [2.24, 2.45) is 0 Å². The number of sulfonamides is 1. The summed E-state index contributed by atoms with van der Waals surface area (Å²) < 4.78 is 78.5. The van der Waals surface area contributed by atoms with Crippen molar-refractivity contribution in [2.75, 3.05) is 7.05 Å². The number of rotatable bonds is 5. The third-order valence-electron chi connectivity index (χ3n) is 3.10. The first-order valence-electron chi connectivity index (χ1n) is 4.84. The van der Waals surface area contributed by atoms with E-state index in [0.717, 1.165) is 7.05 Å². The molecule has 0 aromatic rings. The lowest BCUT2D eigenvalue weighted by atomic mass is 9.93. The molecule has 0 fully saturated rings. The minimum absolute atomic E-state index is 0.565. The number of hydrogen-bond donors (Lipinski definition) is 2. The molecule has 0 saturated carbocycles. The zero-order valence-corrected chi connectivity index (χ0v) is 12.3.